The maximum Gasteiger partial charge on any atom is 0.265 e. The van der Waals surface area contributed by atoms with Crippen LogP contribution in [0.4, 0.5) is 5.69 Å². The van der Waals surface area contributed by atoms with Crippen molar-refractivity contribution in [3.63, 3.8) is 0 Å². The number of sulfonamides is 1. The number of nitrogens with zero attached hydrogens (tertiary/aromatic N) is 1. The van der Waals surface area contributed by atoms with Crippen LogP contribution in [0.2, 0.25) is 0 Å². The Balaban J connectivity index is 1.98. The molecule has 2 heterocycles. The van der Waals surface area contributed by atoms with E-state index >= 15 is 0 Å². The summed E-state index contributed by atoms with van der Waals surface area (Å²) < 4.78 is 33.7. The molecule has 0 bridgehead atoms. The zero-order valence-corrected chi connectivity index (χ0v) is 14.8. The molecule has 24 heavy (non-hydrogen) atoms. The van der Waals surface area contributed by atoms with Crippen LogP contribution in [0.1, 0.15) is 22.6 Å². The smallest absolute Gasteiger partial charge is 0.265 e. The summed E-state index contributed by atoms with van der Waals surface area (Å²) in [6.07, 6.45) is 0. The monoisotopic (exact) mass is 345 g/mol. The van der Waals surface area contributed by atoms with Gasteiger partial charge in [0.05, 0.1) is 5.69 Å². The normalized spacial score (nSPS) is 11.7. The molecular formula is C17H19N3O3S. The van der Waals surface area contributed by atoms with E-state index in [-0.39, 0.29) is 4.90 Å². The Hall–Kier alpha value is -2.54. The fraction of sp³-hybridized carbons (Fsp3) is 0.235. The van der Waals surface area contributed by atoms with Gasteiger partial charge in [-0.3, -0.25) is 9.82 Å². The minimum atomic E-state index is -3.75. The Bertz CT molecular complexity index is 1000. The highest BCUT2D eigenvalue weighted by molar-refractivity contribution is 7.92. The van der Waals surface area contributed by atoms with Crippen molar-refractivity contribution in [2.75, 3.05) is 4.72 Å². The van der Waals surface area contributed by atoms with E-state index in [9.17, 15) is 8.42 Å². The number of hydrogen-bond acceptors (Lipinski definition) is 4. The van der Waals surface area contributed by atoms with Gasteiger partial charge in [0, 0.05) is 11.8 Å². The van der Waals surface area contributed by atoms with Crippen LogP contribution in [0.5, 0.6) is 0 Å². The third-order valence-corrected chi connectivity index (χ3v) is 5.44. The number of aryl methyl sites for hydroxylation is 3. The fourth-order valence-electron chi connectivity index (χ4n) is 2.46. The maximum atomic E-state index is 12.7. The molecule has 2 N–H and O–H groups in total. The quantitative estimate of drug-likeness (QED) is 0.754. The zero-order chi connectivity index (χ0) is 17.5. The van der Waals surface area contributed by atoms with Crippen molar-refractivity contribution in [3.05, 3.63) is 52.9 Å². The van der Waals surface area contributed by atoms with E-state index in [0.717, 1.165) is 16.8 Å². The molecule has 3 rings (SSSR count). The van der Waals surface area contributed by atoms with Crippen LogP contribution in [0.25, 0.3) is 11.5 Å². The average molecular weight is 345 g/mol. The van der Waals surface area contributed by atoms with E-state index in [1.807, 2.05) is 32.9 Å². The number of hydrogen-bond donors (Lipinski definition) is 2. The topological polar surface area (TPSA) is 88.0 Å². The molecule has 7 heteroatoms. The molecule has 0 radical (unpaired) electrons. The van der Waals surface area contributed by atoms with Crippen molar-refractivity contribution in [2.45, 2.75) is 32.6 Å². The van der Waals surface area contributed by atoms with E-state index in [0.29, 0.717) is 22.9 Å². The van der Waals surface area contributed by atoms with Crippen molar-refractivity contribution in [3.8, 4) is 11.5 Å². The van der Waals surface area contributed by atoms with E-state index in [2.05, 4.69) is 14.9 Å². The zero-order valence-electron chi connectivity index (χ0n) is 14.0. The molecular weight excluding hydrogens is 326 g/mol. The predicted molar refractivity (Wildman–Crippen MR) is 92.5 cm³/mol. The first kappa shape index (κ1) is 16.3. The molecule has 3 aromatic rings. The van der Waals surface area contributed by atoms with Crippen LogP contribution in [-0.2, 0) is 10.0 Å². The highest BCUT2D eigenvalue weighted by atomic mass is 32.2. The van der Waals surface area contributed by atoms with Gasteiger partial charge < -0.3 is 4.42 Å². The highest BCUT2D eigenvalue weighted by Crippen LogP contribution is 2.29. The van der Waals surface area contributed by atoms with Gasteiger partial charge in [-0.05, 0) is 51.0 Å². The number of benzene rings is 1. The third-order valence-electron chi connectivity index (χ3n) is 3.97. The molecule has 0 unspecified atom stereocenters. The van der Waals surface area contributed by atoms with Gasteiger partial charge >= 0.3 is 0 Å². The standard InChI is InChI=1S/C17H19N3O3S/c1-10-6-5-7-14(12(10)3)20-24(21,22)17-9-16(23-13(17)4)15-8-11(2)18-19-15/h5-9,20H,1-4H3,(H,18,19). The first-order valence-corrected chi connectivity index (χ1v) is 8.98. The summed E-state index contributed by atoms with van der Waals surface area (Å²) in [6, 6.07) is 8.80. The molecule has 0 aliphatic carbocycles. The van der Waals surface area contributed by atoms with Gasteiger partial charge in [0.1, 0.15) is 16.3 Å². The minimum absolute atomic E-state index is 0.110. The average Bonchev–Trinajstić information content (AvgIpc) is 3.10. The van der Waals surface area contributed by atoms with Crippen LogP contribution in [-0.4, -0.2) is 18.6 Å². The lowest BCUT2D eigenvalue weighted by Crippen LogP contribution is -2.14. The second kappa shape index (κ2) is 5.83. The summed E-state index contributed by atoms with van der Waals surface area (Å²) in [5.74, 6) is 0.738. The second-order valence-corrected chi connectivity index (χ2v) is 7.47. The number of nitrogens with one attached hydrogen (secondary N) is 2. The van der Waals surface area contributed by atoms with Gasteiger partial charge in [0.25, 0.3) is 10.0 Å². The van der Waals surface area contributed by atoms with Gasteiger partial charge in [-0.2, -0.15) is 5.10 Å². The van der Waals surface area contributed by atoms with E-state index in [1.165, 1.54) is 6.07 Å². The van der Waals surface area contributed by atoms with Gasteiger partial charge in [-0.25, -0.2) is 8.42 Å². The van der Waals surface area contributed by atoms with Gasteiger partial charge in [0.15, 0.2) is 5.76 Å². The number of furan rings is 1. The molecule has 6 nitrogen and oxygen atoms in total. The summed E-state index contributed by atoms with van der Waals surface area (Å²) in [4.78, 5) is 0.110. The van der Waals surface area contributed by atoms with E-state index in [4.69, 9.17) is 4.42 Å². The molecule has 0 amide bonds. The van der Waals surface area contributed by atoms with Crippen molar-refractivity contribution in [2.24, 2.45) is 0 Å². The molecule has 0 spiro atoms. The van der Waals surface area contributed by atoms with Crippen LogP contribution >= 0.6 is 0 Å². The predicted octanol–water partition coefficient (Wildman–Crippen LogP) is 3.70. The van der Waals surface area contributed by atoms with Crippen molar-refractivity contribution < 1.29 is 12.8 Å². The Kier molecular flexibility index (Phi) is 3.96. The van der Waals surface area contributed by atoms with Crippen LogP contribution in [0, 0.1) is 27.7 Å². The number of aromatic amines is 1. The molecule has 0 atom stereocenters. The third kappa shape index (κ3) is 2.94. The van der Waals surface area contributed by atoms with Crippen LogP contribution in [0.3, 0.4) is 0 Å². The number of rotatable bonds is 4. The summed E-state index contributed by atoms with van der Waals surface area (Å²) in [7, 11) is -3.75. The Morgan fingerprint density at radius 3 is 2.54 bits per heavy atom. The molecule has 1 aromatic carbocycles. The Labute approximate surface area is 141 Å². The van der Waals surface area contributed by atoms with Crippen molar-refractivity contribution >= 4 is 15.7 Å². The summed E-state index contributed by atoms with van der Waals surface area (Å²) >= 11 is 0. The van der Waals surface area contributed by atoms with E-state index < -0.39 is 10.0 Å². The molecule has 126 valence electrons. The lowest BCUT2D eigenvalue weighted by atomic mass is 10.1. The molecule has 2 aromatic heterocycles. The van der Waals surface area contributed by atoms with Crippen molar-refractivity contribution in [1.82, 2.24) is 10.2 Å². The first-order valence-electron chi connectivity index (χ1n) is 7.50. The largest absolute Gasteiger partial charge is 0.458 e. The summed E-state index contributed by atoms with van der Waals surface area (Å²) in [5.41, 5.74) is 3.92. The number of anilines is 1. The first-order chi connectivity index (χ1) is 11.3. The van der Waals surface area contributed by atoms with Crippen molar-refractivity contribution in [1.29, 1.82) is 0 Å². The lowest BCUT2D eigenvalue weighted by Gasteiger charge is -2.11. The SMILES string of the molecule is Cc1cc(-c2cc(S(=O)(=O)Nc3cccc(C)c3C)c(C)o2)n[nH]1. The van der Waals surface area contributed by atoms with E-state index in [1.54, 1.807) is 19.1 Å². The minimum Gasteiger partial charge on any atom is -0.458 e. The van der Waals surface area contributed by atoms with Gasteiger partial charge in [-0.1, -0.05) is 12.1 Å². The molecule has 0 aliphatic rings. The summed E-state index contributed by atoms with van der Waals surface area (Å²) in [5, 5.41) is 6.91. The Morgan fingerprint density at radius 1 is 1.12 bits per heavy atom. The highest BCUT2D eigenvalue weighted by Gasteiger charge is 2.23. The van der Waals surface area contributed by atoms with Crippen LogP contribution < -0.4 is 4.72 Å². The molecule has 0 saturated carbocycles. The second-order valence-electron chi connectivity index (χ2n) is 5.82. The molecule has 0 aliphatic heterocycles. The number of H-pyrrole nitrogens is 1. The Morgan fingerprint density at radius 2 is 1.88 bits per heavy atom. The fourth-order valence-corrected chi connectivity index (χ4v) is 3.77. The maximum absolute atomic E-state index is 12.7. The molecule has 0 fully saturated rings. The lowest BCUT2D eigenvalue weighted by molar-refractivity contribution is 0.533. The van der Waals surface area contributed by atoms with Gasteiger partial charge in [-0.15, -0.1) is 0 Å². The summed E-state index contributed by atoms with van der Waals surface area (Å²) in [6.45, 7) is 7.31. The van der Waals surface area contributed by atoms with Crippen LogP contribution in [0.15, 0.2) is 39.6 Å². The number of aromatic nitrogens is 2. The van der Waals surface area contributed by atoms with Gasteiger partial charge in [0.2, 0.25) is 0 Å². The molecule has 0 saturated heterocycles.